The Morgan fingerprint density at radius 1 is 1.06 bits per heavy atom. The van der Waals surface area contributed by atoms with Crippen LogP contribution >= 0.6 is 0 Å². The molecule has 2 unspecified atom stereocenters. The highest BCUT2D eigenvalue weighted by Gasteiger charge is 2.47. The van der Waals surface area contributed by atoms with Crippen molar-refractivity contribution in [3.8, 4) is 5.75 Å². The molecule has 1 fully saturated rings. The highest BCUT2D eigenvalue weighted by molar-refractivity contribution is 6.46. The van der Waals surface area contributed by atoms with Gasteiger partial charge in [0.2, 0.25) is 0 Å². The fraction of sp³-hybridized carbons (Fsp3) is 0.185. The summed E-state index contributed by atoms with van der Waals surface area (Å²) in [6.07, 6.45) is 0.697. The van der Waals surface area contributed by atoms with E-state index in [2.05, 4.69) is 0 Å². The van der Waals surface area contributed by atoms with Gasteiger partial charge < -0.3 is 14.7 Å². The Hall–Kier alpha value is -3.93. The summed E-state index contributed by atoms with van der Waals surface area (Å²) in [6, 6.07) is 19.3. The maximum atomic E-state index is 14.9. The van der Waals surface area contributed by atoms with E-state index < -0.39 is 23.5 Å². The van der Waals surface area contributed by atoms with Crippen LogP contribution in [0.2, 0.25) is 0 Å². The molecular weight excluding hydrogens is 421 g/mol. The molecule has 0 radical (unpaired) electrons. The molecule has 0 saturated carbocycles. The molecule has 3 aromatic carbocycles. The molecule has 2 aliphatic heterocycles. The van der Waals surface area contributed by atoms with Crippen LogP contribution in [0.3, 0.4) is 0 Å². The van der Waals surface area contributed by atoms with E-state index in [0.29, 0.717) is 12.0 Å². The first-order valence-electron chi connectivity index (χ1n) is 10.8. The molecule has 2 atom stereocenters. The minimum atomic E-state index is -1.05. The number of aliphatic hydroxyl groups excluding tert-OH is 1. The predicted octanol–water partition coefficient (Wildman–Crippen LogP) is 4.77. The SMILES string of the molecule is CC1Cc2cc(/C(O)=C3/C(=O)C(=O)N(Cc4ccccc4)C3c3ccccc3F)ccc2O1. The summed E-state index contributed by atoms with van der Waals surface area (Å²) in [5.41, 5.74) is 2.14. The predicted molar refractivity (Wildman–Crippen MR) is 121 cm³/mol. The summed E-state index contributed by atoms with van der Waals surface area (Å²) in [7, 11) is 0. The number of hydrogen-bond acceptors (Lipinski definition) is 4. The molecule has 1 amide bonds. The van der Waals surface area contributed by atoms with Gasteiger partial charge in [-0.25, -0.2) is 4.39 Å². The first kappa shape index (κ1) is 20.9. The lowest BCUT2D eigenvalue weighted by atomic mass is 9.94. The largest absolute Gasteiger partial charge is 0.507 e. The zero-order valence-electron chi connectivity index (χ0n) is 18.0. The summed E-state index contributed by atoms with van der Waals surface area (Å²) in [4.78, 5) is 27.5. The standard InChI is InChI=1S/C27H22FNO4/c1-16-13-19-14-18(11-12-22(19)33-16)25(30)23-24(20-9-5-6-10-21(20)28)29(27(32)26(23)31)15-17-7-3-2-4-8-17/h2-12,14,16,24,30H,13,15H2,1H3/b25-23-. The smallest absolute Gasteiger partial charge is 0.295 e. The fourth-order valence-corrected chi connectivity index (χ4v) is 4.57. The van der Waals surface area contributed by atoms with Crippen LogP contribution in [0.5, 0.6) is 5.75 Å². The number of carbonyl (C=O) groups is 2. The number of benzene rings is 3. The summed E-state index contributed by atoms with van der Waals surface area (Å²) in [5, 5.41) is 11.2. The Kier molecular flexibility index (Phi) is 5.21. The van der Waals surface area contributed by atoms with Gasteiger partial charge in [0.25, 0.3) is 11.7 Å². The quantitative estimate of drug-likeness (QED) is 0.358. The number of nitrogens with zero attached hydrogens (tertiary/aromatic N) is 1. The van der Waals surface area contributed by atoms with Crippen molar-refractivity contribution in [2.24, 2.45) is 0 Å². The normalized spacial score (nSPS) is 21.2. The third-order valence-corrected chi connectivity index (χ3v) is 6.10. The first-order chi connectivity index (χ1) is 15.9. The number of ketones is 1. The van der Waals surface area contributed by atoms with E-state index in [1.807, 2.05) is 37.3 Å². The lowest BCUT2D eigenvalue weighted by molar-refractivity contribution is -0.140. The zero-order chi connectivity index (χ0) is 23.1. The van der Waals surface area contributed by atoms with Crippen molar-refractivity contribution >= 4 is 17.4 Å². The maximum Gasteiger partial charge on any atom is 0.295 e. The van der Waals surface area contributed by atoms with E-state index in [-0.39, 0.29) is 29.5 Å². The Morgan fingerprint density at radius 2 is 1.79 bits per heavy atom. The van der Waals surface area contributed by atoms with Gasteiger partial charge in [-0.3, -0.25) is 9.59 Å². The Balaban J connectivity index is 1.65. The number of halogens is 1. The molecule has 5 nitrogen and oxygen atoms in total. The van der Waals surface area contributed by atoms with E-state index in [4.69, 9.17) is 4.74 Å². The van der Waals surface area contributed by atoms with Gasteiger partial charge in [0.15, 0.2) is 0 Å². The number of carbonyl (C=O) groups excluding carboxylic acids is 2. The van der Waals surface area contributed by atoms with E-state index >= 15 is 0 Å². The van der Waals surface area contributed by atoms with Crippen molar-refractivity contribution in [3.63, 3.8) is 0 Å². The second-order valence-electron chi connectivity index (χ2n) is 8.39. The number of aliphatic hydroxyl groups is 1. The number of Topliss-reactive ketones (excluding diaryl/α,β-unsaturated/α-hetero) is 1. The van der Waals surface area contributed by atoms with Crippen LogP contribution in [-0.2, 0) is 22.6 Å². The van der Waals surface area contributed by atoms with Gasteiger partial charge >= 0.3 is 0 Å². The van der Waals surface area contributed by atoms with Crippen LogP contribution in [0.25, 0.3) is 5.76 Å². The van der Waals surface area contributed by atoms with Crippen molar-refractivity contribution in [1.82, 2.24) is 4.90 Å². The van der Waals surface area contributed by atoms with Crippen LogP contribution in [0.1, 0.15) is 35.2 Å². The highest BCUT2D eigenvalue weighted by atomic mass is 19.1. The number of likely N-dealkylation sites (tertiary alicyclic amines) is 1. The minimum Gasteiger partial charge on any atom is -0.507 e. The second-order valence-corrected chi connectivity index (χ2v) is 8.39. The Bertz CT molecular complexity index is 1280. The molecule has 0 bridgehead atoms. The van der Waals surface area contributed by atoms with Gasteiger partial charge in [-0.05, 0) is 42.3 Å². The molecule has 0 aliphatic carbocycles. The molecule has 0 spiro atoms. The van der Waals surface area contributed by atoms with Gasteiger partial charge in [-0.1, -0.05) is 48.5 Å². The van der Waals surface area contributed by atoms with Crippen molar-refractivity contribution in [2.45, 2.75) is 32.0 Å². The van der Waals surface area contributed by atoms with Gasteiger partial charge in [0, 0.05) is 24.1 Å². The molecular formula is C27H22FNO4. The first-order valence-corrected chi connectivity index (χ1v) is 10.8. The lowest BCUT2D eigenvalue weighted by Gasteiger charge is -2.25. The van der Waals surface area contributed by atoms with Gasteiger partial charge in [-0.15, -0.1) is 0 Å². The molecule has 1 N–H and O–H groups in total. The number of rotatable bonds is 4. The zero-order valence-corrected chi connectivity index (χ0v) is 18.0. The summed E-state index contributed by atoms with van der Waals surface area (Å²) >= 11 is 0. The second kappa shape index (κ2) is 8.20. The van der Waals surface area contributed by atoms with Gasteiger partial charge in [-0.2, -0.15) is 0 Å². The summed E-state index contributed by atoms with van der Waals surface area (Å²) in [5.74, 6) is -1.74. The van der Waals surface area contributed by atoms with Crippen LogP contribution in [0, 0.1) is 5.82 Å². The van der Waals surface area contributed by atoms with Crippen LogP contribution in [-0.4, -0.2) is 27.8 Å². The monoisotopic (exact) mass is 443 g/mol. The average molecular weight is 443 g/mol. The number of fused-ring (bicyclic) bond motifs is 1. The lowest BCUT2D eigenvalue weighted by Crippen LogP contribution is -2.29. The molecule has 1 saturated heterocycles. The topological polar surface area (TPSA) is 66.8 Å². The molecule has 2 aliphatic rings. The van der Waals surface area contributed by atoms with E-state index in [1.54, 1.807) is 30.3 Å². The van der Waals surface area contributed by atoms with Crippen LogP contribution in [0.4, 0.5) is 4.39 Å². The fourth-order valence-electron chi connectivity index (χ4n) is 4.57. The third-order valence-electron chi connectivity index (χ3n) is 6.10. The van der Waals surface area contributed by atoms with E-state index in [9.17, 15) is 19.1 Å². The molecule has 0 aromatic heterocycles. The molecule has 2 heterocycles. The van der Waals surface area contributed by atoms with Gasteiger partial charge in [0.1, 0.15) is 23.4 Å². The number of ether oxygens (including phenoxy) is 1. The number of hydrogen-bond donors (Lipinski definition) is 1. The molecule has 6 heteroatoms. The van der Waals surface area contributed by atoms with Crippen molar-refractivity contribution in [2.75, 3.05) is 0 Å². The summed E-state index contributed by atoms with van der Waals surface area (Å²) < 4.78 is 20.6. The highest BCUT2D eigenvalue weighted by Crippen LogP contribution is 2.42. The third kappa shape index (κ3) is 3.67. The van der Waals surface area contributed by atoms with Crippen LogP contribution < -0.4 is 4.74 Å². The molecule has 33 heavy (non-hydrogen) atoms. The Labute approximate surface area is 190 Å². The van der Waals surface area contributed by atoms with Gasteiger partial charge in [0.05, 0.1) is 11.6 Å². The average Bonchev–Trinajstić information content (AvgIpc) is 3.31. The number of amides is 1. The minimum absolute atomic E-state index is 0.0206. The van der Waals surface area contributed by atoms with Crippen molar-refractivity contribution in [3.05, 3.63) is 106 Å². The molecule has 166 valence electrons. The maximum absolute atomic E-state index is 14.9. The van der Waals surface area contributed by atoms with Crippen molar-refractivity contribution < 1.29 is 23.8 Å². The van der Waals surface area contributed by atoms with Crippen molar-refractivity contribution in [1.29, 1.82) is 0 Å². The molecule has 3 aromatic rings. The van der Waals surface area contributed by atoms with E-state index in [0.717, 1.165) is 16.9 Å². The van der Waals surface area contributed by atoms with E-state index in [1.165, 1.54) is 17.0 Å². The molecule has 5 rings (SSSR count). The van der Waals surface area contributed by atoms with Crippen LogP contribution in [0.15, 0.2) is 78.4 Å². The Morgan fingerprint density at radius 3 is 2.55 bits per heavy atom. The summed E-state index contributed by atoms with van der Waals surface area (Å²) in [6.45, 7) is 2.06.